The molecule has 4 rings (SSSR count). The van der Waals surface area contributed by atoms with Crippen molar-refractivity contribution in [3.05, 3.63) is 93.5 Å². The Balaban J connectivity index is 0.000000312. The largest absolute Gasteiger partial charge is 0.426 e. The van der Waals surface area contributed by atoms with Gasteiger partial charge in [0.2, 0.25) is 11.8 Å². The average Bonchev–Trinajstić information content (AvgIpc) is 2.92. The normalized spacial score (nSPS) is 13.6. The second-order valence-corrected chi connectivity index (χ2v) is 14.2. The van der Waals surface area contributed by atoms with Crippen LogP contribution in [0, 0.1) is 13.8 Å². The van der Waals surface area contributed by atoms with Crippen LogP contribution >= 0.6 is 0 Å². The van der Waals surface area contributed by atoms with E-state index >= 15 is 0 Å². The maximum atomic E-state index is 11.9. The van der Waals surface area contributed by atoms with Gasteiger partial charge in [0.25, 0.3) is 0 Å². The van der Waals surface area contributed by atoms with Crippen LogP contribution < -0.4 is 9.47 Å². The van der Waals surface area contributed by atoms with E-state index in [-0.39, 0.29) is 47.9 Å². The van der Waals surface area contributed by atoms with E-state index in [2.05, 4.69) is 53.7 Å². The van der Waals surface area contributed by atoms with Gasteiger partial charge in [-0.25, -0.2) is 0 Å². The molecule has 1 saturated heterocycles. The number of amides is 2. The molecule has 0 spiro atoms. The van der Waals surface area contributed by atoms with Crippen molar-refractivity contribution in [3.8, 4) is 11.5 Å². The van der Waals surface area contributed by atoms with Crippen LogP contribution in [0.2, 0.25) is 0 Å². The van der Waals surface area contributed by atoms with Crippen molar-refractivity contribution in [2.45, 2.75) is 106 Å². The second-order valence-electron chi connectivity index (χ2n) is 14.2. The van der Waals surface area contributed by atoms with Crippen molar-refractivity contribution in [1.29, 1.82) is 0 Å². The van der Waals surface area contributed by atoms with E-state index in [4.69, 9.17) is 9.47 Å². The van der Waals surface area contributed by atoms with Gasteiger partial charge in [-0.3, -0.25) is 28.9 Å². The topological polar surface area (TPSA) is 107 Å². The average molecular weight is 642 g/mol. The Morgan fingerprint density at radius 3 is 1.45 bits per heavy atom. The molecule has 1 aliphatic rings. The monoisotopic (exact) mass is 641 g/mol. The molecule has 0 unspecified atom stereocenters. The lowest BCUT2D eigenvalue weighted by Gasteiger charge is -2.27. The number of piperidine rings is 1. The molecule has 47 heavy (non-hydrogen) atoms. The summed E-state index contributed by atoms with van der Waals surface area (Å²) in [6, 6.07) is 17.5. The molecule has 0 aliphatic carbocycles. The zero-order valence-electron chi connectivity index (χ0n) is 29.3. The summed E-state index contributed by atoms with van der Waals surface area (Å²) >= 11 is 0. The number of nitrogens with zero attached hydrogens (tertiary/aromatic N) is 1. The molecule has 8 nitrogen and oxygen atoms in total. The summed E-state index contributed by atoms with van der Waals surface area (Å²) in [7, 11) is 0. The molecular weight excluding hydrogens is 594 g/mol. The number of hydrogen-bond donors (Lipinski definition) is 0. The van der Waals surface area contributed by atoms with Gasteiger partial charge in [0.05, 0.1) is 19.4 Å². The number of ether oxygens (including phenoxy) is 2. The number of carbonyl (C=O) groups is 5. The van der Waals surface area contributed by atoms with Crippen LogP contribution in [0.1, 0.15) is 107 Å². The molecule has 8 heteroatoms. The maximum Gasteiger partial charge on any atom is 0.308 e. The van der Waals surface area contributed by atoms with Crippen LogP contribution in [0.15, 0.2) is 54.6 Å². The fourth-order valence-corrected chi connectivity index (χ4v) is 5.48. The lowest BCUT2D eigenvalue weighted by Crippen LogP contribution is -2.42. The first-order chi connectivity index (χ1) is 21.8. The number of likely N-dealkylation sites (tertiary alicyclic amines) is 1. The number of hydrogen-bond acceptors (Lipinski definition) is 7. The van der Waals surface area contributed by atoms with Crippen molar-refractivity contribution in [2.75, 3.05) is 0 Å². The molecule has 250 valence electrons. The highest BCUT2D eigenvalue weighted by molar-refractivity contribution is 6.16. The van der Waals surface area contributed by atoms with Crippen LogP contribution in [0.5, 0.6) is 11.5 Å². The minimum atomic E-state index is -0.398. The van der Waals surface area contributed by atoms with Gasteiger partial charge in [0.15, 0.2) is 5.78 Å². The summed E-state index contributed by atoms with van der Waals surface area (Å²) in [6.45, 7) is 19.8. The van der Waals surface area contributed by atoms with Crippen molar-refractivity contribution in [3.63, 3.8) is 0 Å². The number of esters is 2. The standard InChI is InChI=1S/C27H36O4.C12H11NO3/c1-16-11-20(24(30-18(3)28)22(13-16)26(5,6)7)15-21-12-17(2)14-23(27(8,9)10)25(21)31-19(4)29;14-10-6-11(15)13(12(16)7-10)8-9-4-2-1-3-5-9/h11-14H,15H2,1-10H3;1-5H,6-8H2. The van der Waals surface area contributed by atoms with Crippen LogP contribution in [0.25, 0.3) is 0 Å². The van der Waals surface area contributed by atoms with Crippen molar-refractivity contribution in [2.24, 2.45) is 0 Å². The van der Waals surface area contributed by atoms with Crippen molar-refractivity contribution >= 4 is 29.5 Å². The quantitative estimate of drug-likeness (QED) is 0.121. The zero-order chi connectivity index (χ0) is 35.3. The van der Waals surface area contributed by atoms with Gasteiger partial charge in [-0.15, -0.1) is 0 Å². The third-order valence-corrected chi connectivity index (χ3v) is 7.59. The van der Waals surface area contributed by atoms with Gasteiger partial charge in [0, 0.05) is 31.4 Å². The van der Waals surface area contributed by atoms with Crippen molar-refractivity contribution < 1.29 is 33.4 Å². The molecule has 1 fully saturated rings. The minimum Gasteiger partial charge on any atom is -0.426 e. The molecule has 2 amide bonds. The second kappa shape index (κ2) is 14.9. The van der Waals surface area contributed by atoms with Gasteiger partial charge < -0.3 is 9.47 Å². The number of ketones is 1. The summed E-state index contributed by atoms with van der Waals surface area (Å²) in [5.74, 6) is -0.600. The Hall–Kier alpha value is -4.59. The van der Waals surface area contributed by atoms with Gasteiger partial charge in [-0.2, -0.15) is 0 Å². The van der Waals surface area contributed by atoms with Gasteiger partial charge in [-0.1, -0.05) is 107 Å². The predicted octanol–water partition coefficient (Wildman–Crippen LogP) is 7.24. The first kappa shape index (κ1) is 36.9. The fourth-order valence-electron chi connectivity index (χ4n) is 5.48. The van der Waals surface area contributed by atoms with Crippen LogP contribution in [0.4, 0.5) is 0 Å². The molecule has 0 bridgehead atoms. The molecular formula is C39H47NO7. The first-order valence-electron chi connectivity index (χ1n) is 15.8. The van der Waals surface area contributed by atoms with Crippen molar-refractivity contribution in [1.82, 2.24) is 4.90 Å². The number of imide groups is 1. The fraction of sp³-hybridized carbons (Fsp3) is 0.410. The number of carbonyl (C=O) groups excluding carboxylic acids is 5. The Kier molecular flexibility index (Phi) is 11.7. The SMILES string of the molecule is CC(=O)Oc1c(Cc2cc(C)cc(C(C)(C)C)c2OC(C)=O)cc(C)cc1C(C)(C)C.O=C1CC(=O)N(Cc2ccccc2)C(=O)C1. The van der Waals surface area contributed by atoms with E-state index in [1.807, 2.05) is 56.3 Å². The van der Waals surface area contributed by atoms with Crippen LogP contribution in [-0.4, -0.2) is 34.4 Å². The lowest BCUT2D eigenvalue weighted by atomic mass is 9.81. The highest BCUT2D eigenvalue weighted by atomic mass is 16.5. The summed E-state index contributed by atoms with van der Waals surface area (Å²) in [4.78, 5) is 59.1. The van der Waals surface area contributed by atoms with E-state index in [0.29, 0.717) is 17.9 Å². The summed E-state index contributed by atoms with van der Waals surface area (Å²) in [5.41, 5.74) is 6.44. The smallest absolute Gasteiger partial charge is 0.308 e. The summed E-state index contributed by atoms with van der Waals surface area (Å²) in [6.07, 6.45) is 0.178. The third kappa shape index (κ3) is 10.2. The number of benzene rings is 3. The number of Topliss-reactive ketones (excluding diaryl/α,β-unsaturated/α-hetero) is 1. The predicted molar refractivity (Wildman–Crippen MR) is 181 cm³/mol. The van der Waals surface area contributed by atoms with Gasteiger partial charge >= 0.3 is 11.9 Å². The number of rotatable bonds is 6. The molecule has 3 aromatic carbocycles. The first-order valence-corrected chi connectivity index (χ1v) is 15.8. The lowest BCUT2D eigenvalue weighted by molar-refractivity contribution is -0.152. The highest BCUT2D eigenvalue weighted by Crippen LogP contribution is 2.40. The van der Waals surface area contributed by atoms with Crippen LogP contribution in [-0.2, 0) is 47.8 Å². The molecule has 0 aromatic heterocycles. The Morgan fingerprint density at radius 1 is 0.681 bits per heavy atom. The Bertz CT molecular complexity index is 1570. The molecule has 1 aliphatic heterocycles. The van der Waals surface area contributed by atoms with Crippen LogP contribution in [0.3, 0.4) is 0 Å². The van der Waals surface area contributed by atoms with E-state index in [1.54, 1.807) is 0 Å². The highest BCUT2D eigenvalue weighted by Gasteiger charge is 2.31. The molecule has 0 saturated carbocycles. The summed E-state index contributed by atoms with van der Waals surface area (Å²) < 4.78 is 11.5. The van der Waals surface area contributed by atoms with Gasteiger partial charge in [0.1, 0.15) is 11.5 Å². The van der Waals surface area contributed by atoms with E-state index in [9.17, 15) is 24.0 Å². The number of aryl methyl sites for hydroxylation is 2. The summed E-state index contributed by atoms with van der Waals surface area (Å²) in [5, 5.41) is 0. The molecule has 0 radical (unpaired) electrons. The van der Waals surface area contributed by atoms with E-state index in [0.717, 1.165) is 43.8 Å². The Labute approximate surface area is 278 Å². The molecule has 1 heterocycles. The molecule has 0 N–H and O–H groups in total. The Morgan fingerprint density at radius 2 is 1.09 bits per heavy atom. The van der Waals surface area contributed by atoms with E-state index < -0.39 is 11.8 Å². The van der Waals surface area contributed by atoms with E-state index in [1.165, 1.54) is 13.8 Å². The van der Waals surface area contributed by atoms with Gasteiger partial charge in [-0.05, 0) is 41.4 Å². The minimum absolute atomic E-state index is 0.154. The third-order valence-electron chi connectivity index (χ3n) is 7.59. The zero-order valence-corrected chi connectivity index (χ0v) is 29.3. The molecule has 0 atom stereocenters. The molecule has 3 aromatic rings. The maximum absolute atomic E-state index is 11.9.